The van der Waals surface area contributed by atoms with E-state index in [4.69, 9.17) is 23.4 Å². The summed E-state index contributed by atoms with van der Waals surface area (Å²) in [5.41, 5.74) is 1.45. The Morgan fingerprint density at radius 3 is 2.46 bits per heavy atom. The number of benzene rings is 2. The number of rotatable bonds is 9. The first-order chi connectivity index (χ1) is 18.7. The molecule has 9 nitrogen and oxygen atoms in total. The summed E-state index contributed by atoms with van der Waals surface area (Å²) in [5, 5.41) is 3.43. The number of hydrogen-bond donors (Lipinski definition) is 1. The molecule has 2 heterocycles. The Hall–Kier alpha value is -4.31. The highest BCUT2D eigenvalue weighted by Crippen LogP contribution is 2.37. The lowest BCUT2D eigenvalue weighted by atomic mass is 10.1. The molecule has 1 amide bonds. The number of carbonyl (C=O) groups excluding carboxylic acids is 2. The molecule has 204 valence electrons. The predicted octanol–water partition coefficient (Wildman–Crippen LogP) is 5.74. The van der Waals surface area contributed by atoms with Crippen LogP contribution in [-0.4, -0.2) is 38.8 Å². The van der Waals surface area contributed by atoms with E-state index in [0.717, 1.165) is 10.4 Å². The topological polar surface area (TPSA) is 113 Å². The van der Waals surface area contributed by atoms with E-state index in [1.165, 1.54) is 32.5 Å². The van der Waals surface area contributed by atoms with E-state index in [1.807, 2.05) is 6.92 Å². The standard InChI is InChI=1S/C29H29NO8S/c1-7-36-29(33)23-15(2)17(4)39-28(23)30-27(32)16(3)37-26-24(31)19-10-8-9-11-20(19)38-25(26)18-12-13-21(34-5)22(14-18)35-6/h8-14,16H,7H2,1-6H3,(H,30,32). The van der Waals surface area contributed by atoms with E-state index in [2.05, 4.69) is 5.32 Å². The van der Waals surface area contributed by atoms with Gasteiger partial charge < -0.3 is 28.7 Å². The van der Waals surface area contributed by atoms with Crippen molar-refractivity contribution >= 4 is 39.2 Å². The van der Waals surface area contributed by atoms with Gasteiger partial charge in [0.05, 0.1) is 31.8 Å². The first kappa shape index (κ1) is 27.7. The number of methoxy groups -OCH3 is 2. The van der Waals surface area contributed by atoms with Gasteiger partial charge in [-0.2, -0.15) is 0 Å². The van der Waals surface area contributed by atoms with Crippen LogP contribution in [0.15, 0.2) is 51.7 Å². The highest BCUT2D eigenvalue weighted by Gasteiger charge is 2.27. The number of fused-ring (bicyclic) bond motifs is 1. The van der Waals surface area contributed by atoms with Crippen molar-refractivity contribution in [3.05, 3.63) is 68.7 Å². The lowest BCUT2D eigenvalue weighted by Crippen LogP contribution is -2.32. The quantitative estimate of drug-likeness (QED) is 0.262. The van der Waals surface area contributed by atoms with Crippen molar-refractivity contribution in [2.24, 2.45) is 0 Å². The van der Waals surface area contributed by atoms with E-state index in [0.29, 0.717) is 38.6 Å². The third-order valence-corrected chi connectivity index (χ3v) is 7.29. The van der Waals surface area contributed by atoms with Gasteiger partial charge >= 0.3 is 5.97 Å². The lowest BCUT2D eigenvalue weighted by molar-refractivity contribution is -0.122. The molecular formula is C29H29NO8S. The number of anilines is 1. The first-order valence-electron chi connectivity index (χ1n) is 12.2. The van der Waals surface area contributed by atoms with Gasteiger partial charge in [0.2, 0.25) is 11.2 Å². The van der Waals surface area contributed by atoms with Crippen LogP contribution in [0.3, 0.4) is 0 Å². The lowest BCUT2D eigenvalue weighted by Gasteiger charge is -2.17. The zero-order chi connectivity index (χ0) is 28.3. The normalized spacial score (nSPS) is 11.6. The Morgan fingerprint density at radius 2 is 1.77 bits per heavy atom. The molecule has 2 aromatic heterocycles. The number of carbonyl (C=O) groups is 2. The summed E-state index contributed by atoms with van der Waals surface area (Å²) in [6.07, 6.45) is -1.12. The van der Waals surface area contributed by atoms with Crippen molar-refractivity contribution in [3.63, 3.8) is 0 Å². The van der Waals surface area contributed by atoms with Crippen molar-refractivity contribution in [1.29, 1.82) is 0 Å². The van der Waals surface area contributed by atoms with Crippen LogP contribution in [0.25, 0.3) is 22.3 Å². The molecule has 0 aliphatic rings. The number of para-hydroxylation sites is 1. The van der Waals surface area contributed by atoms with Gasteiger partial charge in [-0.05, 0) is 63.6 Å². The van der Waals surface area contributed by atoms with E-state index < -0.39 is 23.4 Å². The number of thiophene rings is 1. The molecule has 0 aliphatic heterocycles. The van der Waals surface area contributed by atoms with Gasteiger partial charge in [0.15, 0.2) is 23.4 Å². The molecular weight excluding hydrogens is 522 g/mol. The van der Waals surface area contributed by atoms with Crippen LogP contribution in [0, 0.1) is 13.8 Å². The fourth-order valence-corrected chi connectivity index (χ4v) is 5.06. The maximum atomic E-state index is 13.5. The average molecular weight is 552 g/mol. The van der Waals surface area contributed by atoms with E-state index in [9.17, 15) is 14.4 Å². The van der Waals surface area contributed by atoms with Crippen molar-refractivity contribution in [2.45, 2.75) is 33.8 Å². The number of nitrogens with one attached hydrogen (secondary N) is 1. The summed E-state index contributed by atoms with van der Waals surface area (Å²) in [4.78, 5) is 40.2. The second-order valence-electron chi connectivity index (χ2n) is 8.61. The van der Waals surface area contributed by atoms with Gasteiger partial charge in [0, 0.05) is 10.4 Å². The van der Waals surface area contributed by atoms with Gasteiger partial charge in [-0.3, -0.25) is 9.59 Å². The summed E-state index contributed by atoms with van der Waals surface area (Å²) in [5.74, 6) is -0.139. The fraction of sp³-hybridized carbons (Fsp3) is 0.276. The van der Waals surface area contributed by atoms with Gasteiger partial charge in [-0.15, -0.1) is 11.3 Å². The summed E-state index contributed by atoms with van der Waals surface area (Å²) in [6, 6.07) is 11.8. The molecule has 1 atom stereocenters. The van der Waals surface area contributed by atoms with Crippen LogP contribution in [0.5, 0.6) is 17.2 Å². The van der Waals surface area contributed by atoms with Crippen LogP contribution in [0.1, 0.15) is 34.6 Å². The fourth-order valence-electron chi connectivity index (χ4n) is 4.01. The van der Waals surface area contributed by atoms with Crippen molar-refractivity contribution in [3.8, 4) is 28.6 Å². The monoisotopic (exact) mass is 551 g/mol. The molecule has 0 saturated carbocycles. The highest BCUT2D eigenvalue weighted by molar-refractivity contribution is 7.16. The molecule has 0 spiro atoms. The molecule has 39 heavy (non-hydrogen) atoms. The van der Waals surface area contributed by atoms with E-state index in [-0.39, 0.29) is 18.1 Å². The number of esters is 1. The third kappa shape index (κ3) is 5.46. The Morgan fingerprint density at radius 1 is 1.05 bits per heavy atom. The zero-order valence-electron chi connectivity index (χ0n) is 22.5. The summed E-state index contributed by atoms with van der Waals surface area (Å²) in [6.45, 7) is 7.08. The second-order valence-corrected chi connectivity index (χ2v) is 9.84. The molecule has 4 aromatic rings. The minimum absolute atomic E-state index is 0.132. The van der Waals surface area contributed by atoms with Crippen molar-refractivity contribution < 1.29 is 33.0 Å². The molecule has 0 saturated heterocycles. The van der Waals surface area contributed by atoms with Crippen LogP contribution >= 0.6 is 11.3 Å². The number of hydrogen-bond acceptors (Lipinski definition) is 9. The smallest absolute Gasteiger partial charge is 0.341 e. The molecule has 0 bridgehead atoms. The average Bonchev–Trinajstić information content (AvgIpc) is 3.21. The molecule has 0 aliphatic carbocycles. The highest BCUT2D eigenvalue weighted by atomic mass is 32.1. The Kier molecular flexibility index (Phi) is 8.25. The summed E-state index contributed by atoms with van der Waals surface area (Å²) >= 11 is 1.27. The Balaban J connectivity index is 1.73. The van der Waals surface area contributed by atoms with Gasteiger partial charge in [0.1, 0.15) is 10.6 Å². The number of amides is 1. The molecule has 0 radical (unpaired) electrons. The molecule has 1 N–H and O–H groups in total. The van der Waals surface area contributed by atoms with E-state index >= 15 is 0 Å². The van der Waals surface area contributed by atoms with Crippen LogP contribution in [0.4, 0.5) is 5.00 Å². The largest absolute Gasteiger partial charge is 0.493 e. The predicted molar refractivity (Wildman–Crippen MR) is 149 cm³/mol. The zero-order valence-corrected chi connectivity index (χ0v) is 23.3. The molecule has 0 fully saturated rings. The van der Waals surface area contributed by atoms with Crippen molar-refractivity contribution in [2.75, 3.05) is 26.1 Å². The Labute approximate surface area is 229 Å². The van der Waals surface area contributed by atoms with Crippen LogP contribution < -0.4 is 25.0 Å². The molecule has 2 aromatic carbocycles. The maximum Gasteiger partial charge on any atom is 0.341 e. The summed E-state index contributed by atoms with van der Waals surface area (Å²) < 4.78 is 28.0. The minimum Gasteiger partial charge on any atom is -0.493 e. The van der Waals surface area contributed by atoms with Gasteiger partial charge in [0.25, 0.3) is 5.91 Å². The van der Waals surface area contributed by atoms with Gasteiger partial charge in [-0.1, -0.05) is 12.1 Å². The molecule has 4 rings (SSSR count). The summed E-state index contributed by atoms with van der Waals surface area (Å²) in [7, 11) is 3.02. The van der Waals surface area contributed by atoms with Crippen LogP contribution in [-0.2, 0) is 9.53 Å². The second kappa shape index (κ2) is 11.6. The minimum atomic E-state index is -1.12. The maximum absolute atomic E-state index is 13.5. The number of aryl methyl sites for hydroxylation is 1. The molecule has 1 unspecified atom stereocenters. The molecule has 10 heteroatoms. The van der Waals surface area contributed by atoms with Crippen LogP contribution in [0.2, 0.25) is 0 Å². The van der Waals surface area contributed by atoms with Crippen molar-refractivity contribution in [1.82, 2.24) is 0 Å². The SMILES string of the molecule is CCOC(=O)c1c(NC(=O)C(C)Oc2c(-c3ccc(OC)c(OC)c3)oc3ccccc3c2=O)sc(C)c1C. The first-order valence-corrected chi connectivity index (χ1v) is 13.0. The number of ether oxygens (including phenoxy) is 4. The van der Waals surface area contributed by atoms with E-state index in [1.54, 1.807) is 56.3 Å². The Bertz CT molecular complexity index is 1600. The third-order valence-electron chi connectivity index (χ3n) is 6.17. The van der Waals surface area contributed by atoms with Gasteiger partial charge in [-0.25, -0.2) is 4.79 Å².